The maximum atomic E-state index is 12.7. The lowest BCUT2D eigenvalue weighted by Gasteiger charge is -2.28. The van der Waals surface area contributed by atoms with E-state index in [1.807, 2.05) is 45.9 Å². The molecule has 0 aromatic heterocycles. The Morgan fingerprint density at radius 3 is 2.38 bits per heavy atom. The molecule has 0 bridgehead atoms. The fourth-order valence-corrected chi connectivity index (χ4v) is 4.39. The van der Waals surface area contributed by atoms with Crippen molar-refractivity contribution in [2.45, 2.75) is 74.9 Å². The van der Waals surface area contributed by atoms with E-state index in [-0.39, 0.29) is 6.10 Å². The summed E-state index contributed by atoms with van der Waals surface area (Å²) in [6.45, 7) is 7.67. The van der Waals surface area contributed by atoms with E-state index >= 15 is 0 Å². The molecule has 0 N–H and O–H groups in total. The molecular weight excluding hydrogens is 360 g/mol. The first-order valence-electron chi connectivity index (χ1n) is 8.71. The first-order valence-corrected chi connectivity index (χ1v) is 9.78. The standard InChI is InChI=1S/C18H24O7S/c1-17(2)20-10-12(22-17)13-14(15-16(21-13)24-18(3,4)23-15)25-26(19)11-8-6-5-7-9-11/h5-9,12-16H,10H2,1-4H3/t12-,13-,14+,15-,16-,26?/m1/s1. The number of hydrogen-bond donors (Lipinski definition) is 0. The molecule has 7 nitrogen and oxygen atoms in total. The van der Waals surface area contributed by atoms with Gasteiger partial charge in [0.15, 0.2) is 28.9 Å². The Morgan fingerprint density at radius 1 is 1.00 bits per heavy atom. The minimum Gasteiger partial charge on any atom is -0.348 e. The molecular formula is C18H24O7S. The Kier molecular flexibility index (Phi) is 4.71. The third-order valence-electron chi connectivity index (χ3n) is 4.56. The highest BCUT2D eigenvalue weighted by Crippen LogP contribution is 2.42. The van der Waals surface area contributed by atoms with Gasteiger partial charge in [-0.3, -0.25) is 4.18 Å². The van der Waals surface area contributed by atoms with Crippen molar-refractivity contribution in [3.8, 4) is 0 Å². The second-order valence-electron chi connectivity index (χ2n) is 7.54. The van der Waals surface area contributed by atoms with Crippen molar-refractivity contribution >= 4 is 11.1 Å². The lowest BCUT2D eigenvalue weighted by molar-refractivity contribution is -0.230. The van der Waals surface area contributed by atoms with Gasteiger partial charge in [-0.1, -0.05) is 18.2 Å². The Balaban J connectivity index is 1.55. The summed E-state index contributed by atoms with van der Waals surface area (Å²) in [5, 5.41) is 0. The number of benzene rings is 1. The second-order valence-corrected chi connectivity index (χ2v) is 8.68. The molecule has 144 valence electrons. The molecule has 0 amide bonds. The highest BCUT2D eigenvalue weighted by molar-refractivity contribution is 7.80. The molecule has 3 fully saturated rings. The van der Waals surface area contributed by atoms with Crippen LogP contribution in [-0.2, 0) is 38.9 Å². The molecule has 3 aliphatic heterocycles. The van der Waals surface area contributed by atoms with Crippen molar-refractivity contribution in [1.82, 2.24) is 0 Å². The molecule has 3 heterocycles. The van der Waals surface area contributed by atoms with Crippen molar-refractivity contribution in [2.24, 2.45) is 0 Å². The van der Waals surface area contributed by atoms with Crippen molar-refractivity contribution in [2.75, 3.05) is 6.61 Å². The van der Waals surface area contributed by atoms with Gasteiger partial charge < -0.3 is 23.7 Å². The summed E-state index contributed by atoms with van der Waals surface area (Å²) in [6.07, 6.45) is -2.56. The van der Waals surface area contributed by atoms with Gasteiger partial charge in [0, 0.05) is 0 Å². The van der Waals surface area contributed by atoms with Crippen molar-refractivity contribution in [1.29, 1.82) is 0 Å². The van der Waals surface area contributed by atoms with Crippen LogP contribution in [0.3, 0.4) is 0 Å². The van der Waals surface area contributed by atoms with E-state index in [2.05, 4.69) is 0 Å². The molecule has 1 unspecified atom stereocenters. The van der Waals surface area contributed by atoms with E-state index in [0.29, 0.717) is 11.5 Å². The van der Waals surface area contributed by atoms with Crippen LogP contribution >= 0.6 is 0 Å². The quantitative estimate of drug-likeness (QED) is 0.787. The van der Waals surface area contributed by atoms with E-state index in [4.69, 9.17) is 27.9 Å². The molecule has 4 rings (SSSR count). The van der Waals surface area contributed by atoms with E-state index in [1.54, 1.807) is 12.1 Å². The second kappa shape index (κ2) is 6.63. The summed E-state index contributed by atoms with van der Waals surface area (Å²) < 4.78 is 48.0. The third-order valence-corrected chi connectivity index (χ3v) is 5.61. The largest absolute Gasteiger partial charge is 0.348 e. The van der Waals surface area contributed by atoms with Crippen molar-refractivity contribution in [3.63, 3.8) is 0 Å². The van der Waals surface area contributed by atoms with Crippen LogP contribution in [0.2, 0.25) is 0 Å². The Morgan fingerprint density at radius 2 is 1.73 bits per heavy atom. The van der Waals surface area contributed by atoms with Gasteiger partial charge in [-0.15, -0.1) is 0 Å². The molecule has 3 saturated heterocycles. The van der Waals surface area contributed by atoms with Gasteiger partial charge in [-0.25, -0.2) is 4.21 Å². The summed E-state index contributed by atoms with van der Waals surface area (Å²) in [7, 11) is 0. The predicted molar refractivity (Wildman–Crippen MR) is 91.3 cm³/mol. The van der Waals surface area contributed by atoms with Crippen LogP contribution in [0.25, 0.3) is 0 Å². The van der Waals surface area contributed by atoms with Crippen LogP contribution in [0.15, 0.2) is 35.2 Å². The topological polar surface area (TPSA) is 72.5 Å². The molecule has 0 spiro atoms. The molecule has 6 atom stereocenters. The van der Waals surface area contributed by atoms with Crippen molar-refractivity contribution in [3.05, 3.63) is 30.3 Å². The van der Waals surface area contributed by atoms with Crippen LogP contribution in [0, 0.1) is 0 Å². The molecule has 3 aliphatic rings. The van der Waals surface area contributed by atoms with E-state index < -0.39 is 47.3 Å². The van der Waals surface area contributed by atoms with Crippen molar-refractivity contribution < 1.29 is 32.1 Å². The van der Waals surface area contributed by atoms with Gasteiger partial charge in [0.2, 0.25) is 0 Å². The first kappa shape index (κ1) is 18.5. The maximum absolute atomic E-state index is 12.7. The first-order chi connectivity index (χ1) is 12.2. The van der Waals surface area contributed by atoms with Crippen LogP contribution in [0.5, 0.6) is 0 Å². The molecule has 1 aromatic rings. The number of fused-ring (bicyclic) bond motifs is 1. The summed E-state index contributed by atoms with van der Waals surface area (Å²) in [4.78, 5) is 0.580. The average molecular weight is 384 g/mol. The summed E-state index contributed by atoms with van der Waals surface area (Å²) in [6, 6.07) is 9.01. The van der Waals surface area contributed by atoms with Crippen LogP contribution in [-0.4, -0.2) is 53.1 Å². The zero-order valence-electron chi connectivity index (χ0n) is 15.2. The minimum absolute atomic E-state index is 0.358. The fraction of sp³-hybridized carbons (Fsp3) is 0.667. The smallest absolute Gasteiger partial charge is 0.190 e. The van der Waals surface area contributed by atoms with Gasteiger partial charge in [0.1, 0.15) is 24.4 Å². The highest BCUT2D eigenvalue weighted by Gasteiger charge is 2.59. The molecule has 8 heteroatoms. The fourth-order valence-electron chi connectivity index (χ4n) is 3.48. The monoisotopic (exact) mass is 384 g/mol. The van der Waals surface area contributed by atoms with Gasteiger partial charge in [0.05, 0.1) is 11.5 Å². The van der Waals surface area contributed by atoms with Crippen LogP contribution in [0.1, 0.15) is 27.7 Å². The lowest BCUT2D eigenvalue weighted by Crippen LogP contribution is -2.44. The number of rotatable bonds is 4. The van der Waals surface area contributed by atoms with Gasteiger partial charge in [-0.2, -0.15) is 0 Å². The zero-order chi connectivity index (χ0) is 18.5. The Hall–Kier alpha value is -0.870. The molecule has 0 saturated carbocycles. The molecule has 0 radical (unpaired) electrons. The number of ether oxygens (including phenoxy) is 5. The summed E-state index contributed by atoms with van der Waals surface area (Å²) >= 11 is -1.66. The van der Waals surface area contributed by atoms with Gasteiger partial charge in [0.25, 0.3) is 0 Å². The van der Waals surface area contributed by atoms with E-state index in [1.165, 1.54) is 0 Å². The normalized spacial score (nSPS) is 39.0. The van der Waals surface area contributed by atoms with E-state index in [9.17, 15) is 4.21 Å². The van der Waals surface area contributed by atoms with Crippen LogP contribution < -0.4 is 0 Å². The summed E-state index contributed by atoms with van der Waals surface area (Å²) in [5.74, 6) is -1.49. The maximum Gasteiger partial charge on any atom is 0.190 e. The zero-order valence-corrected chi connectivity index (χ0v) is 16.1. The predicted octanol–water partition coefficient (Wildman–Crippen LogP) is 2.12. The lowest BCUT2D eigenvalue weighted by atomic mass is 10.1. The summed E-state index contributed by atoms with van der Waals surface area (Å²) in [5.41, 5.74) is 0. The van der Waals surface area contributed by atoms with Gasteiger partial charge >= 0.3 is 0 Å². The van der Waals surface area contributed by atoms with Gasteiger partial charge in [-0.05, 0) is 39.8 Å². The molecule has 1 aromatic carbocycles. The number of hydrogen-bond acceptors (Lipinski definition) is 7. The van der Waals surface area contributed by atoms with Crippen LogP contribution in [0.4, 0.5) is 0 Å². The Bertz CT molecular complexity index is 677. The minimum atomic E-state index is -1.66. The molecule has 0 aliphatic carbocycles. The molecule has 26 heavy (non-hydrogen) atoms. The Labute approximate surface area is 155 Å². The van der Waals surface area contributed by atoms with E-state index in [0.717, 1.165) is 0 Å². The average Bonchev–Trinajstić information content (AvgIpc) is 3.18. The highest BCUT2D eigenvalue weighted by atomic mass is 32.2. The SMILES string of the molecule is CC1(C)O[C@H]2O[C@H]([C@H]3COC(C)(C)O3)[C@H](OS(=O)c3ccccc3)[C@H]2O1. The third kappa shape index (κ3) is 3.60.